The minimum Gasteiger partial charge on any atom is -0.370 e. The molecular weight excluding hydrogens is 318 g/mol. The Morgan fingerprint density at radius 2 is 2.00 bits per heavy atom. The third-order valence-corrected chi connectivity index (χ3v) is 3.48. The summed E-state index contributed by atoms with van der Waals surface area (Å²) < 4.78 is 6.55. The monoisotopic (exact) mass is 333 g/mol. The van der Waals surface area contributed by atoms with Gasteiger partial charge in [0.1, 0.15) is 6.10 Å². The average Bonchev–Trinajstić information content (AvgIpc) is 2.48. The molecule has 1 aromatic carbocycles. The molecule has 20 heavy (non-hydrogen) atoms. The summed E-state index contributed by atoms with van der Waals surface area (Å²) >= 11 is 3.35. The average molecular weight is 334 g/mol. The van der Waals surface area contributed by atoms with Crippen molar-refractivity contribution in [3.05, 3.63) is 64.4 Å². The number of hydrogen-bond acceptors (Lipinski definition) is 3. The second kappa shape index (κ2) is 7.31. The van der Waals surface area contributed by atoms with Gasteiger partial charge in [-0.25, -0.2) is 0 Å². The van der Waals surface area contributed by atoms with E-state index in [1.54, 1.807) is 25.3 Å². The van der Waals surface area contributed by atoms with Crippen LogP contribution >= 0.6 is 15.9 Å². The predicted molar refractivity (Wildman–Crippen MR) is 81.8 cm³/mol. The molecule has 0 aliphatic heterocycles. The number of halogens is 1. The Bertz CT molecular complexity index is 554. The molecule has 3 nitrogen and oxygen atoms in total. The number of rotatable bonds is 6. The molecule has 4 heteroatoms. The molecule has 0 spiro atoms. The standard InChI is InChI=1S/C16H16BrNO2/c1-12(16(19)13-5-7-14(17)8-6-13)20-11-9-15-4-2-3-10-18-15/h2-8,10,12H,9,11H2,1H3. The molecule has 0 radical (unpaired) electrons. The van der Waals surface area contributed by atoms with E-state index in [4.69, 9.17) is 4.74 Å². The molecule has 1 atom stereocenters. The van der Waals surface area contributed by atoms with Gasteiger partial charge in [0, 0.05) is 28.3 Å². The van der Waals surface area contributed by atoms with E-state index in [0.29, 0.717) is 18.6 Å². The lowest BCUT2D eigenvalue weighted by atomic mass is 10.1. The van der Waals surface area contributed by atoms with Crippen molar-refractivity contribution in [2.24, 2.45) is 0 Å². The maximum Gasteiger partial charge on any atom is 0.191 e. The molecule has 2 rings (SSSR count). The lowest BCUT2D eigenvalue weighted by Gasteiger charge is -2.12. The Morgan fingerprint density at radius 3 is 2.65 bits per heavy atom. The van der Waals surface area contributed by atoms with E-state index in [9.17, 15) is 4.79 Å². The first-order chi connectivity index (χ1) is 9.66. The Hall–Kier alpha value is -1.52. The molecule has 0 saturated carbocycles. The summed E-state index contributed by atoms with van der Waals surface area (Å²) in [5, 5.41) is 0. The normalized spacial score (nSPS) is 12.1. The number of benzene rings is 1. The molecule has 0 N–H and O–H groups in total. The molecular formula is C16H16BrNO2. The third kappa shape index (κ3) is 4.25. The summed E-state index contributed by atoms with van der Waals surface area (Å²) in [6.45, 7) is 2.27. The van der Waals surface area contributed by atoms with E-state index in [1.807, 2.05) is 30.3 Å². The van der Waals surface area contributed by atoms with Crippen molar-refractivity contribution in [3.63, 3.8) is 0 Å². The SMILES string of the molecule is CC(OCCc1ccccn1)C(=O)c1ccc(Br)cc1. The smallest absolute Gasteiger partial charge is 0.191 e. The second-order valence-electron chi connectivity index (χ2n) is 4.46. The number of Topliss-reactive ketones (excluding diaryl/α,β-unsaturated/α-hetero) is 1. The number of ketones is 1. The maximum absolute atomic E-state index is 12.1. The molecule has 2 aromatic rings. The van der Waals surface area contributed by atoms with Gasteiger partial charge in [-0.1, -0.05) is 34.1 Å². The molecule has 1 heterocycles. The zero-order valence-corrected chi connectivity index (χ0v) is 12.8. The Balaban J connectivity index is 1.84. The van der Waals surface area contributed by atoms with E-state index in [-0.39, 0.29) is 5.78 Å². The van der Waals surface area contributed by atoms with Crippen LogP contribution in [-0.2, 0) is 11.2 Å². The fourth-order valence-corrected chi connectivity index (χ4v) is 2.08. The van der Waals surface area contributed by atoms with Gasteiger partial charge in [0.25, 0.3) is 0 Å². The van der Waals surface area contributed by atoms with Crippen molar-refractivity contribution in [2.45, 2.75) is 19.4 Å². The minimum absolute atomic E-state index is 0.00137. The third-order valence-electron chi connectivity index (χ3n) is 2.95. The fraction of sp³-hybridized carbons (Fsp3) is 0.250. The minimum atomic E-state index is -0.445. The van der Waals surface area contributed by atoms with Gasteiger partial charge < -0.3 is 4.74 Å². The topological polar surface area (TPSA) is 39.2 Å². The number of nitrogens with zero attached hydrogens (tertiary/aromatic N) is 1. The van der Waals surface area contributed by atoms with Crippen LogP contribution in [-0.4, -0.2) is 23.5 Å². The molecule has 0 amide bonds. The summed E-state index contributed by atoms with van der Waals surface area (Å²) in [7, 11) is 0. The number of ether oxygens (including phenoxy) is 1. The van der Waals surface area contributed by atoms with Crippen molar-refractivity contribution < 1.29 is 9.53 Å². The van der Waals surface area contributed by atoms with Gasteiger partial charge in [0.05, 0.1) is 6.61 Å². The van der Waals surface area contributed by atoms with Crippen LogP contribution in [0.5, 0.6) is 0 Å². The summed E-state index contributed by atoms with van der Waals surface area (Å²) in [5.41, 5.74) is 1.63. The maximum atomic E-state index is 12.1. The van der Waals surface area contributed by atoms with Crippen molar-refractivity contribution in [2.75, 3.05) is 6.61 Å². The van der Waals surface area contributed by atoms with E-state index < -0.39 is 6.10 Å². The Kier molecular flexibility index (Phi) is 5.44. The highest BCUT2D eigenvalue weighted by Crippen LogP contribution is 2.13. The van der Waals surface area contributed by atoms with E-state index in [1.165, 1.54) is 0 Å². The van der Waals surface area contributed by atoms with Crippen LogP contribution in [0.4, 0.5) is 0 Å². The zero-order chi connectivity index (χ0) is 14.4. The molecule has 0 aliphatic carbocycles. The first kappa shape index (κ1) is 14.9. The Labute approximate surface area is 127 Å². The Morgan fingerprint density at radius 1 is 1.25 bits per heavy atom. The summed E-state index contributed by atoms with van der Waals surface area (Å²) in [4.78, 5) is 16.4. The van der Waals surface area contributed by atoms with Gasteiger partial charge in [-0.15, -0.1) is 0 Å². The van der Waals surface area contributed by atoms with Crippen LogP contribution in [0, 0.1) is 0 Å². The van der Waals surface area contributed by atoms with Gasteiger partial charge in [-0.2, -0.15) is 0 Å². The molecule has 1 unspecified atom stereocenters. The number of carbonyl (C=O) groups is 1. The van der Waals surface area contributed by atoms with Crippen LogP contribution in [0.2, 0.25) is 0 Å². The molecule has 104 valence electrons. The van der Waals surface area contributed by atoms with Crippen LogP contribution in [0.3, 0.4) is 0 Å². The fourth-order valence-electron chi connectivity index (χ4n) is 1.81. The number of pyridine rings is 1. The lowest BCUT2D eigenvalue weighted by molar-refractivity contribution is 0.0485. The largest absolute Gasteiger partial charge is 0.370 e. The van der Waals surface area contributed by atoms with Crippen LogP contribution in [0.25, 0.3) is 0 Å². The number of carbonyl (C=O) groups excluding carboxylic acids is 1. The first-order valence-electron chi connectivity index (χ1n) is 6.48. The summed E-state index contributed by atoms with van der Waals surface area (Å²) in [5.74, 6) is -0.00137. The first-order valence-corrected chi connectivity index (χ1v) is 7.27. The second-order valence-corrected chi connectivity index (χ2v) is 5.37. The lowest BCUT2D eigenvalue weighted by Crippen LogP contribution is -2.22. The van der Waals surface area contributed by atoms with Crippen molar-refractivity contribution in [1.29, 1.82) is 0 Å². The van der Waals surface area contributed by atoms with Gasteiger partial charge in [0.15, 0.2) is 5.78 Å². The van der Waals surface area contributed by atoms with Gasteiger partial charge in [-0.05, 0) is 31.2 Å². The highest BCUT2D eigenvalue weighted by molar-refractivity contribution is 9.10. The summed E-state index contributed by atoms with van der Waals surface area (Å²) in [6, 6.07) is 13.1. The molecule has 0 bridgehead atoms. The van der Waals surface area contributed by atoms with E-state index >= 15 is 0 Å². The molecule has 0 fully saturated rings. The highest BCUT2D eigenvalue weighted by Gasteiger charge is 2.15. The molecule has 0 saturated heterocycles. The number of hydrogen-bond donors (Lipinski definition) is 0. The number of aromatic nitrogens is 1. The van der Waals surface area contributed by atoms with Gasteiger partial charge in [-0.3, -0.25) is 9.78 Å². The molecule has 0 aliphatic rings. The quantitative estimate of drug-likeness (QED) is 0.757. The highest BCUT2D eigenvalue weighted by atomic mass is 79.9. The van der Waals surface area contributed by atoms with Gasteiger partial charge >= 0.3 is 0 Å². The zero-order valence-electron chi connectivity index (χ0n) is 11.3. The van der Waals surface area contributed by atoms with Gasteiger partial charge in [0.2, 0.25) is 0 Å². The van der Waals surface area contributed by atoms with Crippen LogP contribution < -0.4 is 0 Å². The molecule has 1 aromatic heterocycles. The van der Waals surface area contributed by atoms with Crippen molar-refractivity contribution in [3.8, 4) is 0 Å². The van der Waals surface area contributed by atoms with Crippen molar-refractivity contribution in [1.82, 2.24) is 4.98 Å². The van der Waals surface area contributed by atoms with E-state index in [0.717, 1.165) is 10.2 Å². The predicted octanol–water partition coefficient (Wildman–Crippen LogP) is 3.67. The summed E-state index contributed by atoms with van der Waals surface area (Å²) in [6.07, 6.45) is 2.02. The van der Waals surface area contributed by atoms with E-state index in [2.05, 4.69) is 20.9 Å². The van der Waals surface area contributed by atoms with Crippen molar-refractivity contribution >= 4 is 21.7 Å². The van der Waals surface area contributed by atoms with Crippen LogP contribution in [0.15, 0.2) is 53.1 Å². The van der Waals surface area contributed by atoms with Crippen LogP contribution in [0.1, 0.15) is 23.0 Å².